The molecule has 40 heavy (non-hydrogen) atoms. The highest BCUT2D eigenvalue weighted by Gasteiger charge is 2.28. The normalized spacial score (nSPS) is 12.8. The van der Waals surface area contributed by atoms with Crippen molar-refractivity contribution in [2.75, 3.05) is 0 Å². The Bertz CT molecular complexity index is 1280. The van der Waals surface area contributed by atoms with Gasteiger partial charge in [0.05, 0.1) is 13.1 Å². The third-order valence-corrected chi connectivity index (χ3v) is 10.3. The fraction of sp³-hybridized carbons (Fsp3) is 0.235. The van der Waals surface area contributed by atoms with E-state index in [1.54, 1.807) is 0 Å². The summed E-state index contributed by atoms with van der Waals surface area (Å²) >= 11 is 0. The average molecular weight is 563 g/mol. The van der Waals surface area contributed by atoms with Gasteiger partial charge in [-0.3, -0.25) is 0 Å². The van der Waals surface area contributed by atoms with Gasteiger partial charge < -0.3 is 9.35 Å². The van der Waals surface area contributed by atoms with Crippen molar-refractivity contribution in [3.63, 3.8) is 0 Å². The third-order valence-electron chi connectivity index (χ3n) is 6.66. The first-order valence-corrected chi connectivity index (χ1v) is 20.9. The van der Waals surface area contributed by atoms with E-state index in [9.17, 15) is 0 Å². The lowest BCUT2D eigenvalue weighted by Crippen LogP contribution is -2.44. The van der Waals surface area contributed by atoms with Crippen molar-refractivity contribution in [3.05, 3.63) is 144 Å². The zero-order valence-corrected chi connectivity index (χ0v) is 26.8. The van der Waals surface area contributed by atoms with Crippen LogP contribution in [0.2, 0.25) is 39.3 Å². The summed E-state index contributed by atoms with van der Waals surface area (Å²) in [6, 6.07) is 42.4. The van der Waals surface area contributed by atoms with Crippen LogP contribution in [-0.4, -0.2) is 37.2 Å². The largest absolute Gasteiger partial charge is 0.320 e. The molecule has 0 saturated carbocycles. The van der Waals surface area contributed by atoms with Crippen molar-refractivity contribution in [2.24, 2.45) is 10.2 Å². The molecular weight excluding hydrogens is 521 g/mol. The van der Waals surface area contributed by atoms with Gasteiger partial charge in [-0.1, -0.05) is 161 Å². The highest BCUT2D eigenvalue weighted by Crippen LogP contribution is 2.21. The monoisotopic (exact) mass is 562 g/mol. The highest BCUT2D eigenvalue weighted by molar-refractivity contribution is 6.74. The Hall–Kier alpha value is -3.75. The summed E-state index contributed by atoms with van der Waals surface area (Å²) in [5, 5.41) is 11.0. The Kier molecular flexibility index (Phi) is 9.56. The van der Waals surface area contributed by atoms with Crippen molar-refractivity contribution >= 4 is 27.9 Å². The first-order chi connectivity index (χ1) is 19.1. The lowest BCUT2D eigenvalue weighted by Gasteiger charge is -2.34. The molecule has 0 aliphatic carbocycles. The molecule has 0 aromatic heterocycles. The van der Waals surface area contributed by atoms with E-state index in [1.807, 2.05) is 0 Å². The molecule has 0 fully saturated rings. The standard InChI is InChI=1S/C34H42N4Si2/c1-39(2,3)37(27-29-19-11-7-12-20-29)35-33(31-23-15-9-16-24-31)34(32-25-17-10-18-26-32)36-38(40(4,5)6)28-30-21-13-8-14-22-30/h7-26H,27-28H2,1-6H3. The number of hydrogen-bond acceptors (Lipinski definition) is 4. The van der Waals surface area contributed by atoms with E-state index in [0.717, 1.165) is 35.6 Å². The van der Waals surface area contributed by atoms with E-state index in [2.05, 4.69) is 170 Å². The Morgan fingerprint density at radius 2 is 0.725 bits per heavy atom. The summed E-state index contributed by atoms with van der Waals surface area (Å²) in [4.78, 5) is 0. The van der Waals surface area contributed by atoms with Gasteiger partial charge in [0.15, 0.2) is 16.5 Å². The maximum atomic E-state index is 5.50. The van der Waals surface area contributed by atoms with Crippen LogP contribution in [0.4, 0.5) is 0 Å². The first-order valence-electron chi connectivity index (χ1n) is 14.0. The first kappa shape index (κ1) is 29.2. The van der Waals surface area contributed by atoms with Gasteiger partial charge in [-0.25, -0.2) is 0 Å². The minimum atomic E-state index is -1.86. The number of hydrazone groups is 2. The zero-order valence-electron chi connectivity index (χ0n) is 24.8. The second-order valence-corrected chi connectivity index (χ2v) is 21.8. The molecule has 0 heterocycles. The number of rotatable bonds is 11. The van der Waals surface area contributed by atoms with Crippen LogP contribution in [0, 0.1) is 0 Å². The van der Waals surface area contributed by atoms with Crippen molar-refractivity contribution in [1.82, 2.24) is 9.35 Å². The van der Waals surface area contributed by atoms with E-state index >= 15 is 0 Å². The number of benzene rings is 4. The molecule has 0 spiro atoms. The molecule has 0 unspecified atom stereocenters. The molecule has 206 valence electrons. The second kappa shape index (κ2) is 13.1. The van der Waals surface area contributed by atoms with Gasteiger partial charge in [0.1, 0.15) is 11.4 Å². The SMILES string of the molecule is C[Si](C)(C)N(Cc1ccccc1)N=C(C(=NN(Cc1ccccc1)[Si](C)(C)C)c1ccccc1)c1ccccc1. The van der Waals surface area contributed by atoms with E-state index in [0.29, 0.717) is 0 Å². The lowest BCUT2D eigenvalue weighted by atomic mass is 10.00. The van der Waals surface area contributed by atoms with Crippen molar-refractivity contribution in [2.45, 2.75) is 52.4 Å². The van der Waals surface area contributed by atoms with E-state index in [-0.39, 0.29) is 0 Å². The van der Waals surface area contributed by atoms with Crippen molar-refractivity contribution in [1.29, 1.82) is 0 Å². The molecule has 0 atom stereocenters. The molecule has 4 rings (SSSR count). The van der Waals surface area contributed by atoms with E-state index in [4.69, 9.17) is 10.2 Å². The Morgan fingerprint density at radius 3 is 1.00 bits per heavy atom. The predicted molar refractivity (Wildman–Crippen MR) is 177 cm³/mol. The molecular formula is C34H42N4Si2. The fourth-order valence-electron chi connectivity index (χ4n) is 4.27. The smallest absolute Gasteiger partial charge is 0.169 e. The Labute approximate surface area is 242 Å². The zero-order chi connectivity index (χ0) is 28.6. The molecule has 4 aromatic carbocycles. The van der Waals surface area contributed by atoms with Gasteiger partial charge in [0.25, 0.3) is 0 Å². The summed E-state index contributed by atoms with van der Waals surface area (Å²) in [5.41, 5.74) is 6.45. The number of nitrogens with zero attached hydrogens (tertiary/aromatic N) is 4. The van der Waals surface area contributed by atoms with Crippen LogP contribution in [0.5, 0.6) is 0 Å². The van der Waals surface area contributed by atoms with Crippen LogP contribution < -0.4 is 0 Å². The summed E-state index contributed by atoms with van der Waals surface area (Å²) in [5.74, 6) is 0. The maximum absolute atomic E-state index is 5.50. The molecule has 0 bridgehead atoms. The predicted octanol–water partition coefficient (Wildman–Crippen LogP) is 8.47. The van der Waals surface area contributed by atoms with Gasteiger partial charge in [-0.2, -0.15) is 10.2 Å². The van der Waals surface area contributed by atoms with Gasteiger partial charge in [0, 0.05) is 11.1 Å². The Morgan fingerprint density at radius 1 is 0.450 bits per heavy atom. The van der Waals surface area contributed by atoms with Crippen molar-refractivity contribution in [3.8, 4) is 0 Å². The van der Waals surface area contributed by atoms with Crippen LogP contribution in [0.15, 0.2) is 132 Å². The number of hydrogen-bond donors (Lipinski definition) is 0. The molecule has 0 aliphatic rings. The van der Waals surface area contributed by atoms with Crippen LogP contribution >= 0.6 is 0 Å². The average Bonchev–Trinajstić information content (AvgIpc) is 2.94. The molecule has 4 nitrogen and oxygen atoms in total. The minimum Gasteiger partial charge on any atom is -0.320 e. The topological polar surface area (TPSA) is 31.2 Å². The molecule has 0 amide bonds. The third kappa shape index (κ3) is 8.13. The molecule has 0 saturated heterocycles. The van der Waals surface area contributed by atoms with E-state index in [1.165, 1.54) is 11.1 Å². The quantitative estimate of drug-likeness (QED) is 0.104. The lowest BCUT2D eigenvalue weighted by molar-refractivity contribution is 0.440. The van der Waals surface area contributed by atoms with Crippen molar-refractivity contribution < 1.29 is 0 Å². The summed E-state index contributed by atoms with van der Waals surface area (Å²) in [7, 11) is -3.73. The molecule has 0 aliphatic heterocycles. The summed E-state index contributed by atoms with van der Waals surface area (Å²) in [6.45, 7) is 15.6. The van der Waals surface area contributed by atoms with Crippen LogP contribution in [0.3, 0.4) is 0 Å². The van der Waals surface area contributed by atoms with Gasteiger partial charge in [-0.05, 0) is 11.1 Å². The van der Waals surface area contributed by atoms with Gasteiger partial charge >= 0.3 is 0 Å². The summed E-state index contributed by atoms with van der Waals surface area (Å²) in [6.07, 6.45) is 0. The second-order valence-electron chi connectivity index (χ2n) is 12.1. The molecule has 0 N–H and O–H groups in total. The molecule has 0 radical (unpaired) electrons. The molecule has 4 aromatic rings. The molecule has 6 heteroatoms. The highest BCUT2D eigenvalue weighted by atomic mass is 28.3. The minimum absolute atomic E-state index is 0.761. The maximum Gasteiger partial charge on any atom is 0.169 e. The van der Waals surface area contributed by atoms with Crippen LogP contribution in [-0.2, 0) is 13.1 Å². The Balaban J connectivity index is 1.93. The van der Waals surface area contributed by atoms with Gasteiger partial charge in [-0.15, -0.1) is 0 Å². The van der Waals surface area contributed by atoms with Gasteiger partial charge in [0.2, 0.25) is 0 Å². The fourth-order valence-corrected chi connectivity index (χ4v) is 6.39. The van der Waals surface area contributed by atoms with Crippen LogP contribution in [0.1, 0.15) is 22.3 Å². The van der Waals surface area contributed by atoms with E-state index < -0.39 is 16.5 Å². The summed E-state index contributed by atoms with van der Waals surface area (Å²) < 4.78 is 4.67. The van der Waals surface area contributed by atoms with Crippen LogP contribution in [0.25, 0.3) is 0 Å².